The van der Waals surface area contributed by atoms with Crippen LogP contribution in [-0.2, 0) is 16.0 Å². The molecule has 116 valence electrons. The van der Waals surface area contributed by atoms with Crippen molar-refractivity contribution in [3.63, 3.8) is 0 Å². The van der Waals surface area contributed by atoms with Gasteiger partial charge in [0.15, 0.2) is 11.7 Å². The van der Waals surface area contributed by atoms with E-state index in [0.29, 0.717) is 18.1 Å². The van der Waals surface area contributed by atoms with E-state index in [2.05, 4.69) is 10.3 Å². The minimum absolute atomic E-state index is 0.117. The second kappa shape index (κ2) is 6.43. The van der Waals surface area contributed by atoms with Crippen LogP contribution >= 0.6 is 0 Å². The Morgan fingerprint density at radius 1 is 1.27 bits per heavy atom. The Morgan fingerprint density at radius 3 is 2.59 bits per heavy atom. The van der Waals surface area contributed by atoms with Gasteiger partial charge < -0.3 is 14.8 Å². The van der Waals surface area contributed by atoms with E-state index in [9.17, 15) is 9.59 Å². The van der Waals surface area contributed by atoms with E-state index < -0.39 is 11.5 Å². The molecule has 6 heteroatoms. The summed E-state index contributed by atoms with van der Waals surface area (Å²) in [6.45, 7) is 2.87. The lowest BCUT2D eigenvalue weighted by Gasteiger charge is -2.20. The molecule has 0 saturated heterocycles. The highest BCUT2D eigenvalue weighted by atomic mass is 16.4. The van der Waals surface area contributed by atoms with Gasteiger partial charge in [-0.3, -0.25) is 4.79 Å². The lowest BCUT2D eigenvalue weighted by Crippen LogP contribution is -2.49. The fourth-order valence-electron chi connectivity index (χ4n) is 1.85. The molecule has 0 radical (unpaired) electrons. The molecule has 0 saturated carbocycles. The maximum atomic E-state index is 11.8. The molecular weight excluding hydrogens is 284 g/mol. The Balaban J connectivity index is 1.92. The van der Waals surface area contributed by atoms with Crippen LogP contribution in [-0.4, -0.2) is 27.5 Å². The van der Waals surface area contributed by atoms with E-state index in [-0.39, 0.29) is 12.3 Å². The largest absolute Gasteiger partial charge is 0.480 e. The van der Waals surface area contributed by atoms with Crippen LogP contribution in [0.2, 0.25) is 0 Å². The first-order valence-corrected chi connectivity index (χ1v) is 6.93. The number of nitrogens with one attached hydrogen (secondary N) is 1. The maximum Gasteiger partial charge on any atom is 0.328 e. The first-order chi connectivity index (χ1) is 10.4. The average molecular weight is 302 g/mol. The van der Waals surface area contributed by atoms with Crippen LogP contribution in [0.5, 0.6) is 0 Å². The third-order valence-corrected chi connectivity index (χ3v) is 3.16. The van der Waals surface area contributed by atoms with Crippen molar-refractivity contribution in [1.82, 2.24) is 10.3 Å². The first-order valence-electron chi connectivity index (χ1n) is 6.93. The molecule has 1 aromatic heterocycles. The summed E-state index contributed by atoms with van der Waals surface area (Å²) in [6.07, 6.45) is 2.05. The van der Waals surface area contributed by atoms with Crippen molar-refractivity contribution in [3.8, 4) is 11.3 Å². The predicted octanol–water partition coefficient (Wildman–Crippen LogP) is 2.25. The van der Waals surface area contributed by atoms with E-state index in [1.165, 1.54) is 13.8 Å². The van der Waals surface area contributed by atoms with Gasteiger partial charge in [-0.1, -0.05) is 30.3 Å². The number of carboxylic acid groups (broad SMARTS) is 1. The number of benzene rings is 1. The summed E-state index contributed by atoms with van der Waals surface area (Å²) in [4.78, 5) is 26.8. The smallest absolute Gasteiger partial charge is 0.328 e. The van der Waals surface area contributed by atoms with E-state index in [4.69, 9.17) is 9.52 Å². The molecule has 6 nitrogen and oxygen atoms in total. The molecule has 2 rings (SSSR count). The second-order valence-corrected chi connectivity index (χ2v) is 5.46. The van der Waals surface area contributed by atoms with Gasteiger partial charge in [-0.25, -0.2) is 9.78 Å². The number of aryl methyl sites for hydroxylation is 1. The molecule has 0 aliphatic heterocycles. The van der Waals surface area contributed by atoms with Gasteiger partial charge in [0.1, 0.15) is 5.54 Å². The van der Waals surface area contributed by atoms with Crippen molar-refractivity contribution in [2.45, 2.75) is 32.2 Å². The molecule has 0 aliphatic carbocycles. The third kappa shape index (κ3) is 3.94. The number of aliphatic carboxylic acids is 1. The van der Waals surface area contributed by atoms with Crippen LogP contribution < -0.4 is 5.32 Å². The Labute approximate surface area is 128 Å². The third-order valence-electron chi connectivity index (χ3n) is 3.16. The number of nitrogens with zero attached hydrogens (tertiary/aromatic N) is 1. The average Bonchev–Trinajstić information content (AvgIpc) is 2.94. The molecule has 1 heterocycles. The zero-order valence-corrected chi connectivity index (χ0v) is 12.5. The molecule has 22 heavy (non-hydrogen) atoms. The molecule has 0 aliphatic rings. The predicted molar refractivity (Wildman–Crippen MR) is 80.1 cm³/mol. The highest BCUT2D eigenvalue weighted by Gasteiger charge is 2.28. The first kappa shape index (κ1) is 15.8. The molecule has 1 amide bonds. The fourth-order valence-corrected chi connectivity index (χ4v) is 1.85. The normalized spacial score (nSPS) is 11.2. The van der Waals surface area contributed by atoms with E-state index >= 15 is 0 Å². The molecule has 2 N–H and O–H groups in total. The van der Waals surface area contributed by atoms with Crippen molar-refractivity contribution in [2.75, 3.05) is 0 Å². The summed E-state index contributed by atoms with van der Waals surface area (Å²) in [5.41, 5.74) is -0.374. The monoisotopic (exact) mass is 302 g/mol. The Hall–Kier alpha value is -2.63. The van der Waals surface area contributed by atoms with Crippen molar-refractivity contribution in [3.05, 3.63) is 42.4 Å². The van der Waals surface area contributed by atoms with E-state index in [0.717, 1.165) is 5.56 Å². The van der Waals surface area contributed by atoms with Crippen molar-refractivity contribution < 1.29 is 19.1 Å². The van der Waals surface area contributed by atoms with Crippen molar-refractivity contribution in [1.29, 1.82) is 0 Å². The maximum absolute atomic E-state index is 11.8. The van der Waals surface area contributed by atoms with Gasteiger partial charge in [-0.05, 0) is 13.8 Å². The fraction of sp³-hybridized carbons (Fsp3) is 0.312. The molecule has 0 bridgehead atoms. The minimum Gasteiger partial charge on any atom is -0.480 e. The number of carboxylic acids is 1. The van der Waals surface area contributed by atoms with Crippen molar-refractivity contribution in [2.24, 2.45) is 0 Å². The van der Waals surface area contributed by atoms with Crippen LogP contribution in [0.15, 0.2) is 40.9 Å². The zero-order chi connectivity index (χ0) is 16.2. The molecular formula is C16H18N2O4. The number of carbonyl (C=O) groups excluding carboxylic acids is 1. The molecule has 0 spiro atoms. The molecule has 2 aromatic rings. The Kier molecular flexibility index (Phi) is 4.60. The van der Waals surface area contributed by atoms with Gasteiger partial charge in [-0.15, -0.1) is 0 Å². The highest BCUT2D eigenvalue weighted by Crippen LogP contribution is 2.20. The van der Waals surface area contributed by atoms with Gasteiger partial charge in [-0.2, -0.15) is 0 Å². The van der Waals surface area contributed by atoms with Crippen LogP contribution in [0.4, 0.5) is 0 Å². The quantitative estimate of drug-likeness (QED) is 0.853. The van der Waals surface area contributed by atoms with Gasteiger partial charge in [0.05, 0.1) is 6.20 Å². The minimum atomic E-state index is -1.29. The second-order valence-electron chi connectivity index (χ2n) is 5.46. The molecule has 1 aromatic carbocycles. The van der Waals surface area contributed by atoms with E-state index in [1.807, 2.05) is 30.3 Å². The van der Waals surface area contributed by atoms with E-state index in [1.54, 1.807) is 6.20 Å². The molecule has 0 unspecified atom stereocenters. The topological polar surface area (TPSA) is 92.4 Å². The molecule has 0 atom stereocenters. The van der Waals surface area contributed by atoms with Crippen molar-refractivity contribution >= 4 is 11.9 Å². The van der Waals surface area contributed by atoms with Crippen LogP contribution in [0, 0.1) is 0 Å². The van der Waals surface area contributed by atoms with Gasteiger partial charge in [0.2, 0.25) is 5.91 Å². The lowest BCUT2D eigenvalue weighted by molar-refractivity contribution is -0.146. The number of hydrogen-bond acceptors (Lipinski definition) is 4. The number of carbonyl (C=O) groups is 2. The summed E-state index contributed by atoms with van der Waals surface area (Å²) in [6, 6.07) is 9.53. The number of aromatic nitrogens is 1. The Bertz CT molecular complexity index is 662. The number of rotatable bonds is 6. The summed E-state index contributed by atoms with van der Waals surface area (Å²) < 4.78 is 5.59. The lowest BCUT2D eigenvalue weighted by atomic mass is 10.1. The SMILES string of the molecule is CC(C)(NC(=O)CCc1ncc(-c2ccccc2)o1)C(=O)O. The number of hydrogen-bond donors (Lipinski definition) is 2. The van der Waals surface area contributed by atoms with Crippen LogP contribution in [0.25, 0.3) is 11.3 Å². The standard InChI is InChI=1S/C16H18N2O4/c1-16(2,15(20)21)18-13(19)8-9-14-17-10-12(22-14)11-6-4-3-5-7-11/h3-7,10H,8-9H2,1-2H3,(H,18,19)(H,20,21). The van der Waals surface area contributed by atoms with Crippen LogP contribution in [0.3, 0.4) is 0 Å². The van der Waals surface area contributed by atoms with Gasteiger partial charge in [0.25, 0.3) is 0 Å². The number of oxazole rings is 1. The summed E-state index contributed by atoms with van der Waals surface area (Å²) in [5, 5.41) is 11.4. The summed E-state index contributed by atoms with van der Waals surface area (Å²) >= 11 is 0. The highest BCUT2D eigenvalue weighted by molar-refractivity contribution is 5.86. The summed E-state index contributed by atoms with van der Waals surface area (Å²) in [5.74, 6) is -0.348. The zero-order valence-electron chi connectivity index (χ0n) is 12.5. The Morgan fingerprint density at radius 2 is 1.95 bits per heavy atom. The molecule has 0 fully saturated rings. The number of amides is 1. The summed E-state index contributed by atoms with van der Waals surface area (Å²) in [7, 11) is 0. The van der Waals surface area contributed by atoms with Gasteiger partial charge >= 0.3 is 5.97 Å². The van der Waals surface area contributed by atoms with Crippen LogP contribution in [0.1, 0.15) is 26.2 Å². The van der Waals surface area contributed by atoms with Gasteiger partial charge in [0, 0.05) is 18.4 Å².